The highest BCUT2D eigenvalue weighted by Crippen LogP contribution is 2.38. The molecule has 26 heavy (non-hydrogen) atoms. The Morgan fingerprint density at radius 1 is 1.12 bits per heavy atom. The number of benzene rings is 2. The molecular weight excluding hydrogens is 376 g/mol. The maximum absolute atomic E-state index is 12.5. The number of cyclic esters (lactones) is 1. The van der Waals surface area contributed by atoms with E-state index in [-0.39, 0.29) is 10.3 Å². The lowest BCUT2D eigenvalue weighted by molar-refractivity contribution is 0.0449. The van der Waals surface area contributed by atoms with Gasteiger partial charge < -0.3 is 9.84 Å². The number of aromatic amines is 1. The Hall–Kier alpha value is -2.90. The molecule has 0 fully saturated rings. The summed E-state index contributed by atoms with van der Waals surface area (Å²) in [6, 6.07) is 13.4. The molecule has 4 rings (SSSR count). The molecule has 0 amide bonds. The van der Waals surface area contributed by atoms with Crippen molar-refractivity contribution in [3.63, 3.8) is 0 Å². The second kappa shape index (κ2) is 6.12. The van der Waals surface area contributed by atoms with Crippen LogP contribution < -0.4 is 5.56 Å². The number of halogens is 1. The fourth-order valence-electron chi connectivity index (χ4n) is 2.99. The van der Waals surface area contributed by atoms with Crippen LogP contribution in [-0.2, 0) is 4.74 Å². The lowest BCUT2D eigenvalue weighted by Gasteiger charge is -2.17. The maximum Gasteiger partial charge on any atom is 0.339 e. The Balaban J connectivity index is 1.99. The summed E-state index contributed by atoms with van der Waals surface area (Å²) >= 11 is 11.4. The van der Waals surface area contributed by atoms with Gasteiger partial charge in [-0.25, -0.2) is 4.79 Å². The lowest BCUT2D eigenvalue weighted by atomic mass is 10.0. The van der Waals surface area contributed by atoms with Crippen LogP contribution in [0.5, 0.6) is 5.88 Å². The van der Waals surface area contributed by atoms with E-state index < -0.39 is 23.5 Å². The van der Waals surface area contributed by atoms with Crippen molar-refractivity contribution < 1.29 is 14.6 Å². The Kier molecular flexibility index (Phi) is 3.90. The number of nitrogens with one attached hydrogen (secondary N) is 1. The van der Waals surface area contributed by atoms with Gasteiger partial charge in [-0.15, -0.1) is 0 Å². The molecule has 6 nitrogen and oxygen atoms in total. The maximum atomic E-state index is 12.5. The monoisotopic (exact) mass is 386 g/mol. The molecule has 1 atom stereocenters. The number of aromatic nitrogens is 2. The summed E-state index contributed by atoms with van der Waals surface area (Å²) in [5.41, 5.74) is 0.498. The van der Waals surface area contributed by atoms with E-state index in [1.165, 1.54) is 4.57 Å². The van der Waals surface area contributed by atoms with Crippen molar-refractivity contribution in [2.45, 2.75) is 6.10 Å². The predicted octanol–water partition coefficient (Wildman–Crippen LogP) is 3.51. The molecule has 0 aliphatic carbocycles. The zero-order valence-corrected chi connectivity index (χ0v) is 14.7. The van der Waals surface area contributed by atoms with E-state index in [0.29, 0.717) is 21.8 Å². The van der Waals surface area contributed by atoms with Gasteiger partial charge in [-0.3, -0.25) is 14.3 Å². The molecule has 0 saturated carbocycles. The molecule has 1 aliphatic rings. The van der Waals surface area contributed by atoms with Gasteiger partial charge in [0.2, 0.25) is 5.88 Å². The minimum Gasteiger partial charge on any atom is -0.494 e. The second-order valence-corrected chi connectivity index (χ2v) is 6.45. The van der Waals surface area contributed by atoms with E-state index in [4.69, 9.17) is 28.6 Å². The Labute approximate surface area is 157 Å². The molecule has 8 heteroatoms. The van der Waals surface area contributed by atoms with Crippen LogP contribution in [0, 0.1) is 4.77 Å². The van der Waals surface area contributed by atoms with Crippen LogP contribution in [0.1, 0.15) is 27.6 Å². The van der Waals surface area contributed by atoms with Gasteiger partial charge in [0.1, 0.15) is 5.56 Å². The Morgan fingerprint density at radius 3 is 2.58 bits per heavy atom. The van der Waals surface area contributed by atoms with Crippen molar-refractivity contribution >= 4 is 29.8 Å². The fraction of sp³-hybridized carbons (Fsp3) is 0.0556. The molecule has 2 N–H and O–H groups in total. The number of fused-ring (bicyclic) bond motifs is 1. The van der Waals surface area contributed by atoms with Gasteiger partial charge in [0.25, 0.3) is 5.56 Å². The Bertz CT molecular complexity index is 1170. The van der Waals surface area contributed by atoms with Crippen LogP contribution in [0.25, 0.3) is 5.69 Å². The van der Waals surface area contributed by atoms with Crippen LogP contribution in [-0.4, -0.2) is 20.6 Å². The number of nitrogens with zero attached hydrogens (tertiary/aromatic N) is 1. The fourth-order valence-corrected chi connectivity index (χ4v) is 3.49. The quantitative estimate of drug-likeness (QED) is 0.520. The third-order valence-electron chi connectivity index (χ3n) is 4.16. The minimum atomic E-state index is -1.04. The molecule has 3 aromatic rings. The van der Waals surface area contributed by atoms with Gasteiger partial charge in [-0.2, -0.15) is 0 Å². The topological polar surface area (TPSA) is 84.3 Å². The molecule has 1 aromatic heterocycles. The van der Waals surface area contributed by atoms with E-state index in [0.717, 1.165) is 0 Å². The molecule has 2 heterocycles. The normalized spacial score (nSPS) is 15.6. The molecule has 0 unspecified atom stereocenters. The number of ether oxygens (including phenoxy) is 1. The highest BCUT2D eigenvalue weighted by molar-refractivity contribution is 7.71. The molecule has 0 radical (unpaired) electrons. The van der Waals surface area contributed by atoms with E-state index in [1.807, 2.05) is 0 Å². The summed E-state index contributed by atoms with van der Waals surface area (Å²) in [7, 11) is 0. The number of hydrogen-bond donors (Lipinski definition) is 2. The smallest absolute Gasteiger partial charge is 0.339 e. The molecule has 0 spiro atoms. The number of carbonyl (C=O) groups excluding carboxylic acids is 1. The van der Waals surface area contributed by atoms with Crippen LogP contribution in [0.15, 0.2) is 53.3 Å². The van der Waals surface area contributed by atoms with Gasteiger partial charge in [0.05, 0.1) is 16.3 Å². The first-order valence-corrected chi connectivity index (χ1v) is 8.40. The summed E-state index contributed by atoms with van der Waals surface area (Å²) < 4.78 is 6.55. The van der Waals surface area contributed by atoms with E-state index in [9.17, 15) is 14.7 Å². The van der Waals surface area contributed by atoms with Gasteiger partial charge in [-0.05, 0) is 30.4 Å². The van der Waals surface area contributed by atoms with Gasteiger partial charge >= 0.3 is 5.97 Å². The van der Waals surface area contributed by atoms with Crippen molar-refractivity contribution in [3.8, 4) is 11.6 Å². The second-order valence-electron chi connectivity index (χ2n) is 5.66. The molecule has 130 valence electrons. The SMILES string of the molecule is O=C1O[C@H](c2c(O)n(-c3ccccc3Cl)c(=S)[nH]c2=O)c2ccccc21. The molecule has 1 aliphatic heterocycles. The van der Waals surface area contributed by atoms with Crippen LogP contribution >= 0.6 is 23.8 Å². The van der Waals surface area contributed by atoms with Gasteiger partial charge in [0.15, 0.2) is 10.9 Å². The number of rotatable bonds is 2. The van der Waals surface area contributed by atoms with E-state index in [1.54, 1.807) is 48.5 Å². The van der Waals surface area contributed by atoms with Crippen LogP contribution in [0.3, 0.4) is 0 Å². The number of H-pyrrole nitrogens is 1. The van der Waals surface area contributed by atoms with Crippen molar-refractivity contribution in [1.82, 2.24) is 9.55 Å². The number of carbonyl (C=O) groups is 1. The predicted molar refractivity (Wildman–Crippen MR) is 97.6 cm³/mol. The summed E-state index contributed by atoms with van der Waals surface area (Å²) in [5.74, 6) is -0.988. The summed E-state index contributed by atoms with van der Waals surface area (Å²) in [6.45, 7) is 0. The summed E-state index contributed by atoms with van der Waals surface area (Å²) in [6.07, 6.45) is -1.04. The van der Waals surface area contributed by atoms with Crippen molar-refractivity contribution in [2.24, 2.45) is 0 Å². The number of esters is 1. The number of para-hydroxylation sites is 1. The zero-order chi connectivity index (χ0) is 18.4. The molecular formula is C18H11ClN2O4S. The minimum absolute atomic E-state index is 0.0260. The van der Waals surface area contributed by atoms with E-state index >= 15 is 0 Å². The highest BCUT2D eigenvalue weighted by atomic mass is 35.5. The third-order valence-corrected chi connectivity index (χ3v) is 4.77. The van der Waals surface area contributed by atoms with Crippen LogP contribution in [0.4, 0.5) is 0 Å². The largest absolute Gasteiger partial charge is 0.494 e. The average Bonchev–Trinajstić information content (AvgIpc) is 2.93. The average molecular weight is 387 g/mol. The van der Waals surface area contributed by atoms with Crippen LogP contribution in [0.2, 0.25) is 5.02 Å². The number of hydrogen-bond acceptors (Lipinski definition) is 5. The zero-order valence-electron chi connectivity index (χ0n) is 13.1. The third kappa shape index (κ3) is 2.44. The molecule has 0 bridgehead atoms. The summed E-state index contributed by atoms with van der Waals surface area (Å²) in [5, 5.41) is 11.2. The Morgan fingerprint density at radius 2 is 1.81 bits per heavy atom. The van der Waals surface area contributed by atoms with Gasteiger partial charge in [0, 0.05) is 5.56 Å². The van der Waals surface area contributed by atoms with Gasteiger partial charge in [-0.1, -0.05) is 41.9 Å². The highest BCUT2D eigenvalue weighted by Gasteiger charge is 2.36. The van der Waals surface area contributed by atoms with Crippen molar-refractivity contribution in [2.75, 3.05) is 0 Å². The standard InChI is InChI=1S/C18H11ClN2O4S/c19-11-7-3-4-8-12(11)21-16(23)13(15(22)20-18(21)26)14-9-5-1-2-6-10(9)17(24)25-14/h1-8,14,23H,(H,20,22,26)/t14-/m0/s1. The number of aromatic hydroxyl groups is 1. The first kappa shape index (κ1) is 16.6. The van der Waals surface area contributed by atoms with Crippen molar-refractivity contribution in [3.05, 3.63) is 85.4 Å². The van der Waals surface area contributed by atoms with E-state index in [2.05, 4.69) is 4.98 Å². The molecule has 0 saturated heterocycles. The summed E-state index contributed by atoms with van der Waals surface area (Å²) in [4.78, 5) is 27.1. The first-order valence-electron chi connectivity index (χ1n) is 7.62. The first-order chi connectivity index (χ1) is 12.5. The lowest BCUT2D eigenvalue weighted by Crippen LogP contribution is -2.22. The molecule has 2 aromatic carbocycles. The van der Waals surface area contributed by atoms with Crippen molar-refractivity contribution in [1.29, 1.82) is 0 Å².